The Morgan fingerprint density at radius 1 is 1.43 bits per heavy atom. The van der Waals surface area contributed by atoms with E-state index in [0.29, 0.717) is 0 Å². The first-order valence-electron chi connectivity index (χ1n) is 4.73. The van der Waals surface area contributed by atoms with Crippen LogP contribution in [0.2, 0.25) is 0 Å². The van der Waals surface area contributed by atoms with Crippen LogP contribution < -0.4 is 5.73 Å². The lowest BCUT2D eigenvalue weighted by Crippen LogP contribution is -2.37. The van der Waals surface area contributed by atoms with Gasteiger partial charge in [-0.3, -0.25) is 0 Å². The lowest BCUT2D eigenvalue weighted by atomic mass is 9.89. The first-order chi connectivity index (χ1) is 6.51. The van der Waals surface area contributed by atoms with Crippen molar-refractivity contribution in [2.45, 2.75) is 25.8 Å². The van der Waals surface area contributed by atoms with Gasteiger partial charge in [-0.05, 0) is 36.6 Å². The van der Waals surface area contributed by atoms with Gasteiger partial charge in [-0.2, -0.15) is 0 Å². The molecule has 0 fully saturated rings. The molecular weight excluding hydrogens is 178 g/mol. The Hall–Kier alpha value is -1.06. The van der Waals surface area contributed by atoms with E-state index in [2.05, 4.69) is 0 Å². The van der Waals surface area contributed by atoms with E-state index in [4.69, 9.17) is 10.8 Å². The first kappa shape index (κ1) is 11.0. The topological polar surface area (TPSA) is 66.5 Å². The maximum atomic E-state index is 9.30. The van der Waals surface area contributed by atoms with Gasteiger partial charge < -0.3 is 15.9 Å². The number of aliphatic hydroxyl groups excluding tert-OH is 1. The van der Waals surface area contributed by atoms with Gasteiger partial charge in [-0.1, -0.05) is 13.0 Å². The summed E-state index contributed by atoms with van der Waals surface area (Å²) in [5.41, 5.74) is 7.06. The molecule has 1 aromatic rings. The summed E-state index contributed by atoms with van der Waals surface area (Å²) in [4.78, 5) is 0. The Morgan fingerprint density at radius 2 is 2.07 bits per heavy atom. The highest BCUT2D eigenvalue weighted by atomic mass is 16.3. The Labute approximate surface area is 84.2 Å². The molecule has 78 valence electrons. The summed E-state index contributed by atoms with van der Waals surface area (Å²) in [7, 11) is 0. The van der Waals surface area contributed by atoms with Gasteiger partial charge in [-0.25, -0.2) is 0 Å². The minimum absolute atomic E-state index is 0.106. The maximum absolute atomic E-state index is 9.30. The van der Waals surface area contributed by atoms with Crippen LogP contribution in [0, 0.1) is 0 Å². The third kappa shape index (κ3) is 2.05. The van der Waals surface area contributed by atoms with E-state index in [0.717, 1.165) is 17.5 Å². The summed E-state index contributed by atoms with van der Waals surface area (Å²) in [6, 6.07) is 5.05. The number of rotatable bonds is 3. The molecule has 1 atom stereocenters. The molecule has 1 aromatic carbocycles. The molecule has 0 aliphatic rings. The van der Waals surface area contributed by atoms with Gasteiger partial charge in [0.15, 0.2) is 0 Å². The highest BCUT2D eigenvalue weighted by Crippen LogP contribution is 2.25. The van der Waals surface area contributed by atoms with Crippen molar-refractivity contribution < 1.29 is 10.2 Å². The van der Waals surface area contributed by atoms with Crippen molar-refractivity contribution >= 4 is 0 Å². The number of hydrogen-bond acceptors (Lipinski definition) is 3. The number of phenolic OH excluding ortho intramolecular Hbond substituents is 1. The minimum atomic E-state index is -0.737. The number of aromatic hydroxyl groups is 1. The van der Waals surface area contributed by atoms with E-state index in [1.165, 1.54) is 0 Å². The van der Waals surface area contributed by atoms with Gasteiger partial charge in [-0.15, -0.1) is 0 Å². The second-order valence-corrected chi connectivity index (χ2v) is 3.77. The van der Waals surface area contributed by atoms with Crippen molar-refractivity contribution in [1.29, 1.82) is 0 Å². The van der Waals surface area contributed by atoms with Gasteiger partial charge in [0.2, 0.25) is 0 Å². The van der Waals surface area contributed by atoms with Gasteiger partial charge in [0.25, 0.3) is 0 Å². The highest BCUT2D eigenvalue weighted by molar-refractivity contribution is 5.38. The molecule has 0 amide bonds. The molecule has 0 saturated carbocycles. The molecule has 0 aliphatic heterocycles. The fraction of sp³-hybridized carbons (Fsp3) is 0.455. The fourth-order valence-corrected chi connectivity index (χ4v) is 1.51. The number of benzene rings is 1. The molecule has 1 rings (SSSR count). The molecule has 0 spiro atoms. The van der Waals surface area contributed by atoms with Gasteiger partial charge in [0.1, 0.15) is 5.75 Å². The maximum Gasteiger partial charge on any atom is 0.115 e. The summed E-state index contributed by atoms with van der Waals surface area (Å²) in [6.45, 7) is 3.66. The summed E-state index contributed by atoms with van der Waals surface area (Å²) >= 11 is 0. The largest absolute Gasteiger partial charge is 0.508 e. The van der Waals surface area contributed by atoms with Gasteiger partial charge in [0.05, 0.1) is 12.1 Å². The third-order valence-electron chi connectivity index (χ3n) is 2.41. The van der Waals surface area contributed by atoms with Crippen LogP contribution in [0.1, 0.15) is 25.0 Å². The Bertz CT molecular complexity index is 321. The van der Waals surface area contributed by atoms with E-state index in [9.17, 15) is 5.11 Å². The van der Waals surface area contributed by atoms with Crippen molar-refractivity contribution in [3.63, 3.8) is 0 Å². The number of aliphatic hydroxyl groups is 1. The van der Waals surface area contributed by atoms with Crippen molar-refractivity contribution in [3.05, 3.63) is 29.3 Å². The molecule has 4 N–H and O–H groups in total. The van der Waals surface area contributed by atoms with Crippen LogP contribution in [-0.4, -0.2) is 16.8 Å². The van der Waals surface area contributed by atoms with Crippen LogP contribution in [0.15, 0.2) is 18.2 Å². The van der Waals surface area contributed by atoms with Gasteiger partial charge in [0, 0.05) is 0 Å². The molecule has 3 heteroatoms. The van der Waals surface area contributed by atoms with Crippen LogP contribution in [0.3, 0.4) is 0 Å². The second kappa shape index (κ2) is 3.98. The zero-order valence-electron chi connectivity index (χ0n) is 8.62. The lowest BCUT2D eigenvalue weighted by Gasteiger charge is -2.25. The molecule has 0 aliphatic carbocycles. The molecule has 0 aromatic heterocycles. The molecule has 0 saturated heterocycles. The van der Waals surface area contributed by atoms with Crippen LogP contribution in [0.4, 0.5) is 0 Å². The molecule has 0 bridgehead atoms. The van der Waals surface area contributed by atoms with Crippen LogP contribution >= 0.6 is 0 Å². The summed E-state index contributed by atoms with van der Waals surface area (Å²) in [6.07, 6.45) is 0.788. The average Bonchev–Trinajstić information content (AvgIpc) is 2.17. The molecule has 14 heavy (non-hydrogen) atoms. The highest BCUT2D eigenvalue weighted by Gasteiger charge is 2.22. The quantitative estimate of drug-likeness (QED) is 0.677. The normalized spacial score (nSPS) is 15.1. The van der Waals surface area contributed by atoms with E-state index < -0.39 is 5.54 Å². The predicted molar refractivity (Wildman–Crippen MR) is 56.1 cm³/mol. The van der Waals surface area contributed by atoms with Crippen molar-refractivity contribution in [1.82, 2.24) is 0 Å². The summed E-state index contributed by atoms with van der Waals surface area (Å²) < 4.78 is 0. The number of nitrogens with two attached hydrogens (primary N) is 1. The zero-order valence-corrected chi connectivity index (χ0v) is 8.62. The van der Waals surface area contributed by atoms with Crippen LogP contribution in [-0.2, 0) is 12.0 Å². The van der Waals surface area contributed by atoms with Crippen LogP contribution in [0.25, 0.3) is 0 Å². The van der Waals surface area contributed by atoms with Crippen molar-refractivity contribution in [2.24, 2.45) is 5.73 Å². The van der Waals surface area contributed by atoms with Crippen LogP contribution in [0.5, 0.6) is 5.75 Å². The summed E-state index contributed by atoms with van der Waals surface area (Å²) in [5, 5.41) is 18.5. The third-order valence-corrected chi connectivity index (χ3v) is 2.41. The smallest absolute Gasteiger partial charge is 0.115 e. The fourth-order valence-electron chi connectivity index (χ4n) is 1.51. The zero-order chi connectivity index (χ0) is 10.8. The van der Waals surface area contributed by atoms with E-state index >= 15 is 0 Å². The Morgan fingerprint density at radius 3 is 2.57 bits per heavy atom. The molecular formula is C11H17NO2. The van der Waals surface area contributed by atoms with E-state index in [-0.39, 0.29) is 12.4 Å². The van der Waals surface area contributed by atoms with Gasteiger partial charge >= 0.3 is 0 Å². The standard InChI is InChI=1S/C11H17NO2/c1-3-8-6-9(14)4-5-10(8)11(2,12)7-13/h4-6,13-14H,3,7,12H2,1-2H3/t11-/m0/s1. The van der Waals surface area contributed by atoms with Crippen molar-refractivity contribution in [3.8, 4) is 5.75 Å². The average molecular weight is 195 g/mol. The number of phenols is 1. The minimum Gasteiger partial charge on any atom is -0.508 e. The predicted octanol–water partition coefficient (Wildman–Crippen LogP) is 1.12. The Kier molecular flexibility index (Phi) is 3.13. The Balaban J connectivity index is 3.20. The monoisotopic (exact) mass is 195 g/mol. The first-order valence-corrected chi connectivity index (χ1v) is 4.73. The molecule has 0 radical (unpaired) electrons. The van der Waals surface area contributed by atoms with E-state index in [1.54, 1.807) is 25.1 Å². The summed E-state index contributed by atoms with van der Waals surface area (Å²) in [5.74, 6) is 0.235. The second-order valence-electron chi connectivity index (χ2n) is 3.77. The van der Waals surface area contributed by atoms with E-state index in [1.807, 2.05) is 6.92 Å². The SMILES string of the molecule is CCc1cc(O)ccc1[C@@](C)(N)CO. The van der Waals surface area contributed by atoms with Crippen molar-refractivity contribution in [2.75, 3.05) is 6.61 Å². The number of aryl methyl sites for hydroxylation is 1. The molecule has 0 unspecified atom stereocenters. The lowest BCUT2D eigenvalue weighted by molar-refractivity contribution is 0.209. The molecule has 3 nitrogen and oxygen atoms in total. The molecule has 0 heterocycles. The number of hydrogen-bond donors (Lipinski definition) is 3.